The summed E-state index contributed by atoms with van der Waals surface area (Å²) in [5.74, 6) is -0.204. The summed E-state index contributed by atoms with van der Waals surface area (Å²) in [6, 6.07) is 9.69. The van der Waals surface area contributed by atoms with Crippen LogP contribution in [0.5, 0.6) is 0 Å². The Morgan fingerprint density at radius 2 is 1.95 bits per heavy atom. The van der Waals surface area contributed by atoms with Gasteiger partial charge in [0, 0.05) is 11.6 Å². The lowest BCUT2D eigenvalue weighted by Gasteiger charge is -2.10. The molecule has 4 N–H and O–H groups in total. The Hall–Kier alpha value is -2.36. The summed E-state index contributed by atoms with van der Waals surface area (Å²) in [7, 11) is 0. The third-order valence-corrected chi connectivity index (χ3v) is 2.96. The molecule has 0 bridgehead atoms. The Balaban J connectivity index is 0.000000206. The number of pyridine rings is 1. The van der Waals surface area contributed by atoms with Gasteiger partial charge in [0.05, 0.1) is 17.1 Å². The number of carbonyl (C=O) groups is 1. The Labute approximate surface area is 119 Å². The zero-order chi connectivity index (χ0) is 15.1. The molecule has 0 saturated heterocycles. The molecule has 1 aromatic carbocycles. The van der Waals surface area contributed by atoms with Crippen LogP contribution < -0.4 is 11.5 Å². The molecule has 0 saturated carbocycles. The fraction of sp³-hybridized carbons (Fsp3) is 0.250. The van der Waals surface area contributed by atoms with Crippen molar-refractivity contribution in [1.82, 2.24) is 4.98 Å². The van der Waals surface area contributed by atoms with Crippen LogP contribution in [0.3, 0.4) is 0 Å². The number of para-hydroxylation sites is 1. The number of primary amides is 1. The third-order valence-electron chi connectivity index (χ3n) is 2.96. The van der Waals surface area contributed by atoms with Crippen molar-refractivity contribution >= 4 is 22.5 Å². The SMILES string of the molecule is C=CC(C(N)=O)C(C)C.Nc1cccc2cccnc12. The minimum atomic E-state index is -0.292. The number of hydrogen-bond acceptors (Lipinski definition) is 3. The lowest BCUT2D eigenvalue weighted by atomic mass is 9.96. The van der Waals surface area contributed by atoms with Crippen LogP contribution in [0.4, 0.5) is 5.69 Å². The first-order valence-electron chi connectivity index (χ1n) is 6.48. The van der Waals surface area contributed by atoms with Crippen LogP contribution in [-0.4, -0.2) is 10.9 Å². The molecule has 0 fully saturated rings. The molecule has 2 aromatic rings. The highest BCUT2D eigenvalue weighted by molar-refractivity contribution is 5.88. The van der Waals surface area contributed by atoms with Crippen molar-refractivity contribution < 1.29 is 4.79 Å². The minimum absolute atomic E-state index is 0.176. The second-order valence-electron chi connectivity index (χ2n) is 4.83. The number of rotatable bonds is 3. The fourth-order valence-corrected chi connectivity index (χ4v) is 1.84. The van der Waals surface area contributed by atoms with E-state index in [9.17, 15) is 4.79 Å². The fourth-order valence-electron chi connectivity index (χ4n) is 1.84. The molecule has 4 nitrogen and oxygen atoms in total. The second kappa shape index (κ2) is 7.28. The molecular formula is C16H21N3O. The molecule has 2 rings (SSSR count). The van der Waals surface area contributed by atoms with Crippen LogP contribution in [0, 0.1) is 11.8 Å². The van der Waals surface area contributed by atoms with Gasteiger partial charge in [0.25, 0.3) is 0 Å². The Kier molecular flexibility index (Phi) is 5.72. The highest BCUT2D eigenvalue weighted by Gasteiger charge is 2.13. The summed E-state index contributed by atoms with van der Waals surface area (Å²) in [5.41, 5.74) is 12.4. The van der Waals surface area contributed by atoms with Gasteiger partial charge in [-0.15, -0.1) is 6.58 Å². The molecule has 1 unspecified atom stereocenters. The van der Waals surface area contributed by atoms with Crippen molar-refractivity contribution in [1.29, 1.82) is 0 Å². The number of hydrogen-bond donors (Lipinski definition) is 2. The maximum absolute atomic E-state index is 10.5. The summed E-state index contributed by atoms with van der Waals surface area (Å²) < 4.78 is 0. The molecule has 1 aromatic heterocycles. The average molecular weight is 271 g/mol. The van der Waals surface area contributed by atoms with E-state index in [1.807, 2.05) is 44.2 Å². The van der Waals surface area contributed by atoms with Crippen LogP contribution in [0.25, 0.3) is 10.9 Å². The number of carbonyl (C=O) groups excluding carboxylic acids is 1. The number of anilines is 1. The first-order valence-corrected chi connectivity index (χ1v) is 6.48. The van der Waals surface area contributed by atoms with E-state index in [-0.39, 0.29) is 17.7 Å². The van der Waals surface area contributed by atoms with Crippen molar-refractivity contribution in [2.75, 3.05) is 5.73 Å². The maximum Gasteiger partial charge on any atom is 0.224 e. The molecule has 0 aliphatic heterocycles. The van der Waals surface area contributed by atoms with Crippen LogP contribution in [-0.2, 0) is 4.79 Å². The first-order chi connectivity index (χ1) is 9.47. The zero-order valence-electron chi connectivity index (χ0n) is 11.9. The number of nitrogen functional groups attached to an aromatic ring is 1. The molecule has 1 amide bonds. The van der Waals surface area contributed by atoms with E-state index in [1.165, 1.54) is 0 Å². The Bertz CT molecular complexity index is 588. The van der Waals surface area contributed by atoms with Crippen LogP contribution >= 0.6 is 0 Å². The van der Waals surface area contributed by atoms with Gasteiger partial charge in [-0.3, -0.25) is 9.78 Å². The number of amides is 1. The van der Waals surface area contributed by atoms with E-state index in [1.54, 1.807) is 12.3 Å². The summed E-state index contributed by atoms with van der Waals surface area (Å²) in [6.45, 7) is 7.39. The van der Waals surface area contributed by atoms with Crippen molar-refractivity contribution in [2.24, 2.45) is 17.6 Å². The molecular weight excluding hydrogens is 250 g/mol. The highest BCUT2D eigenvalue weighted by atomic mass is 16.1. The molecule has 4 heteroatoms. The van der Waals surface area contributed by atoms with Gasteiger partial charge in [-0.2, -0.15) is 0 Å². The quantitative estimate of drug-likeness (QED) is 0.665. The number of nitrogens with two attached hydrogens (primary N) is 2. The molecule has 1 atom stereocenters. The van der Waals surface area contributed by atoms with Gasteiger partial charge in [-0.05, 0) is 18.1 Å². The second-order valence-corrected chi connectivity index (χ2v) is 4.83. The molecule has 1 heterocycles. The van der Waals surface area contributed by atoms with E-state index < -0.39 is 0 Å². The minimum Gasteiger partial charge on any atom is -0.397 e. The van der Waals surface area contributed by atoms with Crippen molar-refractivity contribution in [3.63, 3.8) is 0 Å². The topological polar surface area (TPSA) is 82.0 Å². The first kappa shape index (κ1) is 15.7. The molecule has 0 aliphatic carbocycles. The van der Waals surface area contributed by atoms with Crippen molar-refractivity contribution in [2.45, 2.75) is 13.8 Å². The normalized spacial score (nSPS) is 11.6. The summed E-state index contributed by atoms with van der Waals surface area (Å²) >= 11 is 0. The van der Waals surface area contributed by atoms with Gasteiger partial charge in [0.15, 0.2) is 0 Å². The van der Waals surface area contributed by atoms with Crippen molar-refractivity contribution in [3.8, 4) is 0 Å². The molecule has 106 valence electrons. The van der Waals surface area contributed by atoms with Gasteiger partial charge in [-0.25, -0.2) is 0 Å². The number of fused-ring (bicyclic) bond motifs is 1. The Morgan fingerprint density at radius 1 is 1.30 bits per heavy atom. The predicted octanol–water partition coefficient (Wildman–Crippen LogP) is 2.75. The standard InChI is InChI=1S/C9H8N2.C7H13NO/c10-8-5-1-3-7-4-2-6-11-9(7)8;1-4-6(5(2)3)7(8)9/h1-6H,10H2;4-6H,1H2,2-3H3,(H2,8,9). The third kappa shape index (κ3) is 4.09. The monoisotopic (exact) mass is 271 g/mol. The highest BCUT2D eigenvalue weighted by Crippen LogP contribution is 2.16. The largest absolute Gasteiger partial charge is 0.397 e. The van der Waals surface area contributed by atoms with Crippen molar-refractivity contribution in [3.05, 3.63) is 49.2 Å². The van der Waals surface area contributed by atoms with Gasteiger partial charge in [0.1, 0.15) is 0 Å². The zero-order valence-corrected chi connectivity index (χ0v) is 11.9. The van der Waals surface area contributed by atoms with E-state index >= 15 is 0 Å². The van der Waals surface area contributed by atoms with E-state index in [0.717, 1.165) is 16.6 Å². The summed E-state index contributed by atoms with van der Waals surface area (Å²) in [5, 5.41) is 1.09. The average Bonchev–Trinajstić information content (AvgIpc) is 2.40. The Morgan fingerprint density at radius 3 is 2.40 bits per heavy atom. The predicted molar refractivity (Wildman–Crippen MR) is 83.9 cm³/mol. The van der Waals surface area contributed by atoms with Gasteiger partial charge >= 0.3 is 0 Å². The number of nitrogens with zero attached hydrogens (tertiary/aromatic N) is 1. The molecule has 20 heavy (non-hydrogen) atoms. The lowest BCUT2D eigenvalue weighted by Crippen LogP contribution is -2.25. The molecule has 0 spiro atoms. The van der Waals surface area contributed by atoms with Crippen LogP contribution in [0.1, 0.15) is 13.8 Å². The van der Waals surface area contributed by atoms with Gasteiger partial charge in [-0.1, -0.05) is 38.1 Å². The van der Waals surface area contributed by atoms with E-state index in [4.69, 9.17) is 11.5 Å². The van der Waals surface area contributed by atoms with Crippen LogP contribution in [0.15, 0.2) is 49.2 Å². The smallest absolute Gasteiger partial charge is 0.224 e. The van der Waals surface area contributed by atoms with E-state index in [2.05, 4.69) is 11.6 Å². The van der Waals surface area contributed by atoms with Gasteiger partial charge < -0.3 is 11.5 Å². The number of benzene rings is 1. The summed E-state index contributed by atoms with van der Waals surface area (Å²) in [4.78, 5) is 14.7. The molecule has 0 radical (unpaired) electrons. The lowest BCUT2D eigenvalue weighted by molar-refractivity contribution is -0.121. The number of aromatic nitrogens is 1. The summed E-state index contributed by atoms with van der Waals surface area (Å²) in [6.07, 6.45) is 3.34. The van der Waals surface area contributed by atoms with Crippen LogP contribution in [0.2, 0.25) is 0 Å². The van der Waals surface area contributed by atoms with E-state index in [0.29, 0.717) is 0 Å². The molecule has 0 aliphatic rings. The van der Waals surface area contributed by atoms with Gasteiger partial charge in [0.2, 0.25) is 5.91 Å². The maximum atomic E-state index is 10.5.